The van der Waals surface area contributed by atoms with Gasteiger partial charge in [0.05, 0.1) is 25.4 Å². The van der Waals surface area contributed by atoms with Crippen LogP contribution in [0.3, 0.4) is 0 Å². The zero-order chi connectivity index (χ0) is 25.8. The molecule has 36 heavy (non-hydrogen) atoms. The third kappa shape index (κ3) is 9.22. The lowest BCUT2D eigenvalue weighted by molar-refractivity contribution is -0.245. The number of aliphatic carboxylic acids is 1. The number of unbranched alkanes of at least 4 members (excludes halogenated alkanes) is 2. The molecule has 196 valence electrons. The molecule has 0 radical (unpaired) electrons. The summed E-state index contributed by atoms with van der Waals surface area (Å²) in [6, 6.07) is 15.1. The van der Waals surface area contributed by atoms with E-state index < -0.39 is 12.3 Å². The van der Waals surface area contributed by atoms with Crippen molar-refractivity contribution in [1.29, 1.82) is 0 Å². The molecule has 8 nitrogen and oxygen atoms in total. The quantitative estimate of drug-likeness (QED) is 0.271. The average molecular weight is 518 g/mol. The van der Waals surface area contributed by atoms with Gasteiger partial charge in [-0.2, -0.15) is 11.8 Å². The van der Waals surface area contributed by atoms with Crippen LogP contribution < -0.4 is 5.32 Å². The molecule has 0 spiro atoms. The molecule has 1 aliphatic rings. The smallest absolute Gasteiger partial charge is 0.303 e. The molecular formula is C27H35NO7S. The first-order chi connectivity index (χ1) is 17.5. The fourth-order valence-electron chi connectivity index (χ4n) is 3.99. The van der Waals surface area contributed by atoms with Crippen molar-refractivity contribution >= 4 is 29.3 Å². The highest BCUT2D eigenvalue weighted by Gasteiger charge is 2.32. The molecule has 1 heterocycles. The Bertz CT molecular complexity index is 952. The van der Waals surface area contributed by atoms with Gasteiger partial charge in [0.25, 0.3) is 0 Å². The molecule has 2 aromatic carbocycles. The minimum Gasteiger partial charge on any atom is -0.481 e. The van der Waals surface area contributed by atoms with E-state index in [0.717, 1.165) is 22.4 Å². The second-order valence-electron chi connectivity index (χ2n) is 8.77. The van der Waals surface area contributed by atoms with Crippen LogP contribution in [0.2, 0.25) is 0 Å². The van der Waals surface area contributed by atoms with Gasteiger partial charge in [-0.25, -0.2) is 0 Å². The molecule has 3 unspecified atom stereocenters. The average Bonchev–Trinajstić information content (AvgIpc) is 2.89. The van der Waals surface area contributed by atoms with Crippen LogP contribution in [0.4, 0.5) is 5.69 Å². The van der Waals surface area contributed by atoms with E-state index in [1.165, 1.54) is 0 Å². The largest absolute Gasteiger partial charge is 0.481 e. The standard InChI is InChI=1S/C27H35NO7S/c29-14-15-36-18-23-16-24(20-8-6-19(17-30)7-9-20)35-27(34-23)21-10-12-22(13-11-21)28-25(31)4-2-1-3-5-26(32)33/h6-13,23-24,27,29-30H,1-5,14-18H2,(H,28,31)(H,32,33). The van der Waals surface area contributed by atoms with E-state index in [1.54, 1.807) is 11.8 Å². The number of carbonyl (C=O) groups excluding carboxylic acids is 1. The highest BCUT2D eigenvalue weighted by atomic mass is 32.2. The number of carbonyl (C=O) groups is 2. The first kappa shape index (κ1) is 28.1. The highest BCUT2D eigenvalue weighted by molar-refractivity contribution is 7.99. The van der Waals surface area contributed by atoms with Crippen molar-refractivity contribution in [3.63, 3.8) is 0 Å². The topological polar surface area (TPSA) is 125 Å². The van der Waals surface area contributed by atoms with Gasteiger partial charge in [0.2, 0.25) is 5.91 Å². The lowest BCUT2D eigenvalue weighted by Gasteiger charge is -2.36. The number of carboxylic acids is 1. The summed E-state index contributed by atoms with van der Waals surface area (Å²) in [4.78, 5) is 22.8. The number of rotatable bonds is 14. The van der Waals surface area contributed by atoms with Crippen molar-refractivity contribution in [2.45, 2.75) is 63.6 Å². The number of nitrogens with one attached hydrogen (secondary N) is 1. The second kappa shape index (κ2) is 15.0. The Morgan fingerprint density at radius 3 is 2.28 bits per heavy atom. The zero-order valence-electron chi connectivity index (χ0n) is 20.3. The molecule has 1 aliphatic heterocycles. The maximum absolute atomic E-state index is 12.2. The summed E-state index contributed by atoms with van der Waals surface area (Å²) in [6.07, 6.45) is 2.30. The van der Waals surface area contributed by atoms with Gasteiger partial charge in [-0.1, -0.05) is 42.8 Å². The van der Waals surface area contributed by atoms with E-state index in [2.05, 4.69) is 5.32 Å². The van der Waals surface area contributed by atoms with Crippen molar-refractivity contribution in [2.24, 2.45) is 0 Å². The predicted octanol–water partition coefficient (Wildman–Crippen LogP) is 4.42. The Hall–Kier alpha value is -2.43. The van der Waals surface area contributed by atoms with Crippen LogP contribution in [0.15, 0.2) is 48.5 Å². The van der Waals surface area contributed by atoms with Crippen molar-refractivity contribution in [3.8, 4) is 0 Å². The second-order valence-corrected chi connectivity index (χ2v) is 9.92. The summed E-state index contributed by atoms with van der Waals surface area (Å²) in [7, 11) is 0. The van der Waals surface area contributed by atoms with E-state index in [-0.39, 0.29) is 37.7 Å². The summed E-state index contributed by atoms with van der Waals surface area (Å²) in [5.74, 6) is 0.476. The van der Waals surface area contributed by atoms with Crippen LogP contribution in [0.5, 0.6) is 0 Å². The molecule has 4 N–H and O–H groups in total. The van der Waals surface area contributed by atoms with Crippen molar-refractivity contribution < 1.29 is 34.4 Å². The first-order valence-electron chi connectivity index (χ1n) is 12.3. The summed E-state index contributed by atoms with van der Waals surface area (Å²) in [6.45, 7) is 0.116. The Balaban J connectivity index is 1.59. The van der Waals surface area contributed by atoms with Gasteiger partial charge >= 0.3 is 5.97 Å². The number of benzene rings is 2. The number of thioether (sulfide) groups is 1. The monoisotopic (exact) mass is 517 g/mol. The number of aliphatic hydroxyl groups excluding tert-OH is 2. The van der Waals surface area contributed by atoms with Crippen LogP contribution in [-0.2, 0) is 25.7 Å². The fraction of sp³-hybridized carbons (Fsp3) is 0.481. The van der Waals surface area contributed by atoms with E-state index in [4.69, 9.17) is 19.7 Å². The predicted molar refractivity (Wildman–Crippen MR) is 139 cm³/mol. The molecule has 0 aliphatic carbocycles. The van der Waals surface area contributed by atoms with Crippen molar-refractivity contribution in [2.75, 3.05) is 23.4 Å². The summed E-state index contributed by atoms with van der Waals surface area (Å²) >= 11 is 1.64. The number of carboxylic acid groups (broad SMARTS) is 1. The molecular weight excluding hydrogens is 482 g/mol. The summed E-state index contributed by atoms with van der Waals surface area (Å²) < 4.78 is 12.5. The van der Waals surface area contributed by atoms with Crippen molar-refractivity contribution in [1.82, 2.24) is 0 Å². The third-order valence-electron chi connectivity index (χ3n) is 5.92. The molecule has 0 bridgehead atoms. The molecule has 3 atom stereocenters. The lowest BCUT2D eigenvalue weighted by atomic mass is 10.0. The van der Waals surface area contributed by atoms with Gasteiger partial charge in [0.15, 0.2) is 6.29 Å². The normalized spacial score (nSPS) is 19.7. The summed E-state index contributed by atoms with van der Waals surface area (Å²) in [5, 5.41) is 30.0. The lowest BCUT2D eigenvalue weighted by Crippen LogP contribution is -2.31. The van der Waals surface area contributed by atoms with Gasteiger partial charge in [0.1, 0.15) is 0 Å². The van der Waals surface area contributed by atoms with Crippen LogP contribution in [0, 0.1) is 0 Å². The molecule has 1 amide bonds. The number of hydrogen-bond acceptors (Lipinski definition) is 7. The Labute approximate surface area is 216 Å². The van der Waals surface area contributed by atoms with Crippen LogP contribution >= 0.6 is 11.8 Å². The van der Waals surface area contributed by atoms with E-state index >= 15 is 0 Å². The van der Waals surface area contributed by atoms with E-state index in [0.29, 0.717) is 43.5 Å². The third-order valence-corrected chi connectivity index (χ3v) is 6.99. The SMILES string of the molecule is O=C(O)CCCCCC(=O)Nc1ccc(C2OC(CSCCO)CC(c3ccc(CO)cc3)O2)cc1. The number of anilines is 1. The minimum atomic E-state index is -0.813. The maximum Gasteiger partial charge on any atom is 0.303 e. The number of aliphatic hydroxyl groups is 2. The highest BCUT2D eigenvalue weighted by Crippen LogP contribution is 2.39. The molecule has 0 aromatic heterocycles. The molecule has 1 fully saturated rings. The Kier molecular flexibility index (Phi) is 11.7. The fourth-order valence-corrected chi connectivity index (χ4v) is 4.76. The molecule has 0 saturated carbocycles. The van der Waals surface area contributed by atoms with Crippen molar-refractivity contribution in [3.05, 3.63) is 65.2 Å². The van der Waals surface area contributed by atoms with Gasteiger partial charge in [-0.05, 0) is 36.1 Å². The molecule has 1 saturated heterocycles. The Morgan fingerprint density at radius 2 is 1.61 bits per heavy atom. The van der Waals surface area contributed by atoms with Gasteiger partial charge < -0.3 is 30.1 Å². The molecule has 9 heteroatoms. The zero-order valence-corrected chi connectivity index (χ0v) is 21.1. The number of amides is 1. The van der Waals surface area contributed by atoms with Crippen LogP contribution in [-0.4, -0.2) is 51.4 Å². The number of ether oxygens (including phenoxy) is 2. The van der Waals surface area contributed by atoms with Gasteiger partial charge in [-0.3, -0.25) is 9.59 Å². The minimum absolute atomic E-state index is 0.00836. The van der Waals surface area contributed by atoms with E-state index in [9.17, 15) is 14.7 Å². The van der Waals surface area contributed by atoms with Gasteiger partial charge in [0, 0.05) is 42.0 Å². The van der Waals surface area contributed by atoms with E-state index in [1.807, 2.05) is 48.5 Å². The van der Waals surface area contributed by atoms with Crippen LogP contribution in [0.25, 0.3) is 0 Å². The number of hydrogen-bond donors (Lipinski definition) is 4. The maximum atomic E-state index is 12.2. The van der Waals surface area contributed by atoms with Gasteiger partial charge in [-0.15, -0.1) is 0 Å². The Morgan fingerprint density at radius 1 is 0.917 bits per heavy atom. The molecule has 3 rings (SSSR count). The van der Waals surface area contributed by atoms with Crippen LogP contribution in [0.1, 0.15) is 67.6 Å². The first-order valence-corrected chi connectivity index (χ1v) is 13.4. The summed E-state index contributed by atoms with van der Waals surface area (Å²) in [5.41, 5.74) is 3.38. The molecule has 2 aromatic rings.